The van der Waals surface area contributed by atoms with Gasteiger partial charge in [-0.1, -0.05) is 6.07 Å². The van der Waals surface area contributed by atoms with Crippen LogP contribution in [0.4, 0.5) is 0 Å². The Morgan fingerprint density at radius 1 is 0.933 bits per heavy atom. The van der Waals surface area contributed by atoms with E-state index in [1.807, 2.05) is 6.92 Å². The van der Waals surface area contributed by atoms with Gasteiger partial charge >= 0.3 is 0 Å². The van der Waals surface area contributed by atoms with E-state index in [1.165, 1.54) is 18.2 Å². The Balaban J connectivity index is 1.78. The maximum Gasteiger partial charge on any atom is 0.271 e. The van der Waals surface area contributed by atoms with Gasteiger partial charge in [0.05, 0.1) is 20.4 Å². The molecule has 3 rings (SSSR count). The fraction of sp³-hybridized carbons (Fsp3) is 0.250. The first kappa shape index (κ1) is 21.2. The lowest BCUT2D eigenvalue weighted by Gasteiger charge is -2.11. The fourth-order valence-corrected chi connectivity index (χ4v) is 3.38. The van der Waals surface area contributed by atoms with Crippen molar-refractivity contribution in [1.82, 2.24) is 9.99 Å². The third-order valence-electron chi connectivity index (χ3n) is 5.23. The molecular formula is C24H27N3O3. The molecule has 1 aromatic heterocycles. The molecular weight excluding hydrogens is 378 g/mol. The topological polar surface area (TPSA) is 64.8 Å². The lowest BCUT2D eigenvalue weighted by molar-refractivity contribution is 0.0954. The zero-order valence-corrected chi connectivity index (χ0v) is 18.2. The quantitative estimate of drug-likeness (QED) is 0.485. The lowest BCUT2D eigenvalue weighted by Crippen LogP contribution is -2.17. The average molecular weight is 405 g/mol. The number of amides is 1. The predicted molar refractivity (Wildman–Crippen MR) is 119 cm³/mol. The molecule has 1 N–H and O–H groups in total. The SMILES string of the molecule is COc1ccc(C(=O)N/N=C/c2cc(C)n(-c3ccc(C)c(C)c3)c2C)cc1OC. The molecule has 1 heterocycles. The molecule has 0 fully saturated rings. The number of hydrazone groups is 1. The molecule has 2 aromatic carbocycles. The van der Waals surface area contributed by atoms with Gasteiger partial charge < -0.3 is 14.0 Å². The first-order valence-corrected chi connectivity index (χ1v) is 9.67. The summed E-state index contributed by atoms with van der Waals surface area (Å²) in [5, 5.41) is 4.15. The Kier molecular flexibility index (Phi) is 6.26. The highest BCUT2D eigenvalue weighted by molar-refractivity contribution is 5.95. The second-order valence-corrected chi connectivity index (χ2v) is 7.20. The summed E-state index contributed by atoms with van der Waals surface area (Å²) in [5.74, 6) is 0.734. The normalized spacial score (nSPS) is 11.0. The fourth-order valence-electron chi connectivity index (χ4n) is 3.38. The molecule has 156 valence electrons. The number of carbonyl (C=O) groups is 1. The summed E-state index contributed by atoms with van der Waals surface area (Å²) in [7, 11) is 3.08. The molecule has 0 aliphatic heterocycles. The van der Waals surface area contributed by atoms with Crippen molar-refractivity contribution < 1.29 is 14.3 Å². The van der Waals surface area contributed by atoms with Gasteiger partial charge in [-0.05, 0) is 75.2 Å². The van der Waals surface area contributed by atoms with Crippen molar-refractivity contribution in [1.29, 1.82) is 0 Å². The van der Waals surface area contributed by atoms with Crippen molar-refractivity contribution in [3.8, 4) is 17.2 Å². The van der Waals surface area contributed by atoms with Gasteiger partial charge in [0.15, 0.2) is 11.5 Å². The van der Waals surface area contributed by atoms with E-state index in [4.69, 9.17) is 9.47 Å². The number of aryl methyl sites for hydroxylation is 3. The molecule has 0 aliphatic carbocycles. The minimum atomic E-state index is -0.324. The summed E-state index contributed by atoms with van der Waals surface area (Å²) in [6.45, 7) is 8.31. The van der Waals surface area contributed by atoms with E-state index in [0.717, 1.165) is 22.6 Å². The summed E-state index contributed by atoms with van der Waals surface area (Å²) in [6, 6.07) is 13.4. The number of nitrogens with one attached hydrogen (secondary N) is 1. The second-order valence-electron chi connectivity index (χ2n) is 7.20. The highest BCUT2D eigenvalue weighted by Gasteiger charge is 2.12. The molecule has 0 saturated carbocycles. The molecule has 0 unspecified atom stereocenters. The third-order valence-corrected chi connectivity index (χ3v) is 5.23. The van der Waals surface area contributed by atoms with Crippen LogP contribution in [0, 0.1) is 27.7 Å². The Morgan fingerprint density at radius 3 is 2.33 bits per heavy atom. The number of aromatic nitrogens is 1. The van der Waals surface area contributed by atoms with Crippen LogP contribution in [-0.4, -0.2) is 30.9 Å². The molecule has 0 radical (unpaired) electrons. The predicted octanol–water partition coefficient (Wildman–Crippen LogP) is 4.49. The molecule has 0 saturated heterocycles. The van der Waals surface area contributed by atoms with Gasteiger partial charge in [-0.15, -0.1) is 0 Å². The zero-order chi connectivity index (χ0) is 21.8. The number of nitrogens with zero attached hydrogens (tertiary/aromatic N) is 2. The largest absolute Gasteiger partial charge is 0.493 e. The van der Waals surface area contributed by atoms with E-state index >= 15 is 0 Å². The van der Waals surface area contributed by atoms with Crippen LogP contribution >= 0.6 is 0 Å². The van der Waals surface area contributed by atoms with E-state index in [9.17, 15) is 4.79 Å². The Labute approximate surface area is 177 Å². The smallest absolute Gasteiger partial charge is 0.271 e. The van der Waals surface area contributed by atoms with Gasteiger partial charge in [-0.25, -0.2) is 5.43 Å². The minimum Gasteiger partial charge on any atom is -0.493 e. The molecule has 0 atom stereocenters. The number of rotatable bonds is 6. The zero-order valence-electron chi connectivity index (χ0n) is 18.2. The number of hydrogen-bond acceptors (Lipinski definition) is 4. The van der Waals surface area contributed by atoms with Crippen LogP contribution < -0.4 is 14.9 Å². The lowest BCUT2D eigenvalue weighted by atomic mass is 10.1. The summed E-state index contributed by atoms with van der Waals surface area (Å²) in [6.07, 6.45) is 1.67. The molecule has 30 heavy (non-hydrogen) atoms. The number of methoxy groups -OCH3 is 2. The Hall–Kier alpha value is -3.54. The summed E-state index contributed by atoms with van der Waals surface area (Å²) >= 11 is 0. The van der Waals surface area contributed by atoms with Crippen molar-refractivity contribution in [3.05, 3.63) is 76.1 Å². The Morgan fingerprint density at radius 2 is 1.67 bits per heavy atom. The minimum absolute atomic E-state index is 0.324. The first-order chi connectivity index (χ1) is 14.3. The van der Waals surface area contributed by atoms with Gasteiger partial charge in [0.1, 0.15) is 0 Å². The second kappa shape index (κ2) is 8.86. The van der Waals surface area contributed by atoms with Crippen molar-refractivity contribution >= 4 is 12.1 Å². The van der Waals surface area contributed by atoms with E-state index in [1.54, 1.807) is 31.5 Å². The first-order valence-electron chi connectivity index (χ1n) is 9.67. The summed E-state index contributed by atoms with van der Waals surface area (Å²) in [5.41, 5.74) is 9.73. The van der Waals surface area contributed by atoms with Crippen LogP contribution in [0.3, 0.4) is 0 Å². The number of hydrogen-bond donors (Lipinski definition) is 1. The highest BCUT2D eigenvalue weighted by atomic mass is 16.5. The maximum absolute atomic E-state index is 12.4. The van der Waals surface area contributed by atoms with Crippen LogP contribution in [0.15, 0.2) is 47.6 Å². The van der Waals surface area contributed by atoms with Crippen LogP contribution in [0.2, 0.25) is 0 Å². The molecule has 6 nitrogen and oxygen atoms in total. The maximum atomic E-state index is 12.4. The van der Waals surface area contributed by atoms with Crippen molar-refractivity contribution in [2.75, 3.05) is 14.2 Å². The van der Waals surface area contributed by atoms with Gasteiger partial charge in [-0.3, -0.25) is 4.79 Å². The summed E-state index contributed by atoms with van der Waals surface area (Å²) in [4.78, 5) is 12.4. The average Bonchev–Trinajstić information content (AvgIpc) is 3.02. The highest BCUT2D eigenvalue weighted by Crippen LogP contribution is 2.27. The number of carbonyl (C=O) groups excluding carboxylic acids is 1. The van der Waals surface area contributed by atoms with E-state index < -0.39 is 0 Å². The summed E-state index contributed by atoms with van der Waals surface area (Å²) < 4.78 is 12.6. The van der Waals surface area contributed by atoms with Crippen molar-refractivity contribution in [3.63, 3.8) is 0 Å². The molecule has 3 aromatic rings. The molecule has 1 amide bonds. The van der Waals surface area contributed by atoms with Crippen molar-refractivity contribution in [2.24, 2.45) is 5.10 Å². The van der Waals surface area contributed by atoms with Crippen molar-refractivity contribution in [2.45, 2.75) is 27.7 Å². The van der Waals surface area contributed by atoms with E-state index in [2.05, 4.69) is 60.1 Å². The standard InChI is InChI=1S/C24H27N3O3/c1-15-7-9-21(11-16(15)2)27-17(3)12-20(18(27)4)14-25-26-24(28)19-8-10-22(29-5)23(13-19)30-6/h7-14H,1-6H3,(H,26,28)/b25-14+. The molecule has 0 spiro atoms. The molecule has 6 heteroatoms. The van der Waals surface area contributed by atoms with Crippen LogP contribution in [0.1, 0.15) is 38.4 Å². The third kappa shape index (κ3) is 4.22. The van der Waals surface area contributed by atoms with Crippen LogP contribution in [-0.2, 0) is 0 Å². The Bertz CT molecular complexity index is 1110. The van der Waals surface area contributed by atoms with Gasteiger partial charge in [0.2, 0.25) is 0 Å². The van der Waals surface area contributed by atoms with E-state index in [-0.39, 0.29) is 5.91 Å². The molecule has 0 aliphatic rings. The number of benzene rings is 2. The molecule has 0 bridgehead atoms. The van der Waals surface area contributed by atoms with Crippen LogP contribution in [0.25, 0.3) is 5.69 Å². The van der Waals surface area contributed by atoms with Crippen LogP contribution in [0.5, 0.6) is 11.5 Å². The number of ether oxygens (including phenoxy) is 2. The monoisotopic (exact) mass is 405 g/mol. The van der Waals surface area contributed by atoms with Gasteiger partial charge in [0.25, 0.3) is 5.91 Å². The van der Waals surface area contributed by atoms with Gasteiger partial charge in [0, 0.05) is 28.2 Å². The van der Waals surface area contributed by atoms with Gasteiger partial charge in [-0.2, -0.15) is 5.10 Å². The van der Waals surface area contributed by atoms with E-state index in [0.29, 0.717) is 17.1 Å².